The second-order valence-corrected chi connectivity index (χ2v) is 17.1. The van der Waals surface area contributed by atoms with Crippen LogP contribution in [0.25, 0.3) is 5.57 Å². The lowest BCUT2D eigenvalue weighted by Gasteiger charge is -2.34. The molecule has 0 saturated carbocycles. The number of hydrogen-bond acceptors (Lipinski definition) is 8. The molecular weight excluding hydrogens is 825 g/mol. The minimum atomic E-state index is 0.100. The third kappa shape index (κ3) is 10.9. The van der Waals surface area contributed by atoms with Gasteiger partial charge in [0.2, 0.25) is 0 Å². The van der Waals surface area contributed by atoms with Crippen LogP contribution in [0.2, 0.25) is 0 Å². The van der Waals surface area contributed by atoms with Gasteiger partial charge in [-0.25, -0.2) is 0 Å². The van der Waals surface area contributed by atoms with E-state index < -0.39 is 0 Å². The molecule has 0 radical (unpaired) electrons. The van der Waals surface area contributed by atoms with Gasteiger partial charge in [0.05, 0.1) is 11.4 Å². The highest BCUT2D eigenvalue weighted by Gasteiger charge is 2.29. The third-order valence-electron chi connectivity index (χ3n) is 12.4. The Bertz CT molecular complexity index is 2830. The summed E-state index contributed by atoms with van der Waals surface area (Å²) in [7, 11) is 0. The minimum absolute atomic E-state index is 0.100. The highest BCUT2D eigenvalue weighted by molar-refractivity contribution is 6.62. The Morgan fingerprint density at radius 1 is 0.597 bits per heavy atom. The maximum atomic E-state index is 12.9. The van der Waals surface area contributed by atoms with Crippen molar-refractivity contribution in [1.29, 1.82) is 5.41 Å². The number of aromatic nitrogens is 1. The molecular formula is C59H58N6O2. The van der Waals surface area contributed by atoms with Crippen LogP contribution in [0, 0.1) is 11.3 Å². The van der Waals surface area contributed by atoms with E-state index in [-0.39, 0.29) is 17.5 Å². The van der Waals surface area contributed by atoms with Crippen LogP contribution in [0.3, 0.4) is 0 Å². The van der Waals surface area contributed by atoms with Crippen LogP contribution in [-0.4, -0.2) is 28.0 Å². The Morgan fingerprint density at radius 2 is 1.10 bits per heavy atom. The molecule has 8 rings (SSSR count). The van der Waals surface area contributed by atoms with Gasteiger partial charge in [-0.3, -0.25) is 25.4 Å². The van der Waals surface area contributed by atoms with Crippen LogP contribution in [0.4, 0.5) is 34.1 Å². The van der Waals surface area contributed by atoms with Crippen molar-refractivity contribution < 1.29 is 9.59 Å². The van der Waals surface area contributed by atoms with Gasteiger partial charge in [0, 0.05) is 87.6 Å². The van der Waals surface area contributed by atoms with E-state index in [1.807, 2.05) is 103 Å². The van der Waals surface area contributed by atoms with Crippen molar-refractivity contribution in [3.8, 4) is 0 Å². The Balaban J connectivity index is 1.12. The van der Waals surface area contributed by atoms with Gasteiger partial charge >= 0.3 is 0 Å². The fraction of sp³-hybridized carbons (Fsp3) is 0.203. The van der Waals surface area contributed by atoms with Gasteiger partial charge in [0.15, 0.2) is 11.6 Å². The standard InChI is InChI=1S/C59H58N6O2/c1-4-6-10-20-57(67)45-23-30-51(31-24-45)64(48-15-11-8-12-16-48)50-28-21-43(22-29-50)53-34-35-54(59(58(53)60)63-62-47-37-39-61-40-38-47)46-27-36-55(42(3)41-46)65(49-17-13-9-14-18-49)52-32-25-44(26-33-52)56(66)19-7-5-2/h8-9,11-18,21-40,42,60H,4-7,10,19-20,41H2,1-3H3,(H,61,62)/b60-58?,63-59-. The lowest BCUT2D eigenvalue weighted by atomic mass is 9.81. The van der Waals surface area contributed by atoms with Crippen molar-refractivity contribution in [2.75, 3.05) is 15.2 Å². The van der Waals surface area contributed by atoms with Gasteiger partial charge in [-0.2, -0.15) is 5.10 Å². The van der Waals surface area contributed by atoms with E-state index in [0.29, 0.717) is 24.3 Å². The van der Waals surface area contributed by atoms with Gasteiger partial charge in [0.1, 0.15) is 5.71 Å². The quantitative estimate of drug-likeness (QED) is 0.0364. The molecule has 2 aliphatic carbocycles. The zero-order chi connectivity index (χ0) is 46.5. The molecule has 8 heteroatoms. The summed E-state index contributed by atoms with van der Waals surface area (Å²) in [6.07, 6.45) is 18.7. The molecule has 2 aliphatic rings. The van der Waals surface area contributed by atoms with Crippen molar-refractivity contribution in [1.82, 2.24) is 4.98 Å². The molecule has 0 fully saturated rings. The molecule has 0 bridgehead atoms. The number of rotatable bonds is 19. The number of hydrogen-bond donors (Lipinski definition) is 2. The first-order valence-electron chi connectivity index (χ1n) is 23.6. The van der Waals surface area contributed by atoms with Gasteiger partial charge < -0.3 is 9.80 Å². The maximum absolute atomic E-state index is 12.9. The highest BCUT2D eigenvalue weighted by Crippen LogP contribution is 2.41. The molecule has 67 heavy (non-hydrogen) atoms. The summed E-state index contributed by atoms with van der Waals surface area (Å²) in [5.41, 5.74) is 16.0. The Kier molecular flexibility index (Phi) is 15.0. The van der Waals surface area contributed by atoms with Crippen molar-refractivity contribution in [3.05, 3.63) is 216 Å². The lowest BCUT2D eigenvalue weighted by Crippen LogP contribution is -2.27. The number of Topliss-reactive ketones (excluding diaryl/α,β-unsaturated/α-hetero) is 2. The molecule has 0 amide bonds. The maximum Gasteiger partial charge on any atom is 0.162 e. The molecule has 336 valence electrons. The molecule has 0 saturated heterocycles. The van der Waals surface area contributed by atoms with E-state index in [1.165, 1.54) is 0 Å². The number of hydrazone groups is 1. The molecule has 8 nitrogen and oxygen atoms in total. The first kappa shape index (κ1) is 45.8. The predicted octanol–water partition coefficient (Wildman–Crippen LogP) is 15.2. The Labute approximate surface area is 395 Å². The van der Waals surface area contributed by atoms with E-state index >= 15 is 0 Å². The second-order valence-electron chi connectivity index (χ2n) is 17.1. The Morgan fingerprint density at radius 3 is 1.67 bits per heavy atom. The molecule has 6 aromatic rings. The molecule has 1 unspecified atom stereocenters. The minimum Gasteiger partial charge on any atom is -0.314 e. The zero-order valence-corrected chi connectivity index (χ0v) is 38.7. The summed E-state index contributed by atoms with van der Waals surface area (Å²) in [4.78, 5) is 34.4. The average molecular weight is 883 g/mol. The number of unbranched alkanes of at least 4 members (excludes halogenated alkanes) is 3. The number of para-hydroxylation sites is 2. The van der Waals surface area contributed by atoms with Crippen molar-refractivity contribution >= 4 is 62.7 Å². The van der Waals surface area contributed by atoms with Gasteiger partial charge in [0.25, 0.3) is 0 Å². The normalized spacial score (nSPS) is 15.2. The molecule has 5 aromatic carbocycles. The summed E-state index contributed by atoms with van der Waals surface area (Å²) < 4.78 is 0. The monoisotopic (exact) mass is 882 g/mol. The fourth-order valence-electron chi connectivity index (χ4n) is 8.69. The zero-order valence-electron chi connectivity index (χ0n) is 38.7. The predicted molar refractivity (Wildman–Crippen MR) is 278 cm³/mol. The summed E-state index contributed by atoms with van der Waals surface area (Å²) in [6, 6.07) is 48.5. The summed E-state index contributed by atoms with van der Waals surface area (Å²) in [5, 5.41) is 14.7. The first-order chi connectivity index (χ1) is 32.8. The van der Waals surface area contributed by atoms with E-state index in [4.69, 9.17) is 5.10 Å². The number of anilines is 6. The summed E-state index contributed by atoms with van der Waals surface area (Å²) in [6.45, 7) is 6.49. The van der Waals surface area contributed by atoms with Crippen LogP contribution >= 0.6 is 0 Å². The van der Waals surface area contributed by atoms with Crippen molar-refractivity contribution in [3.63, 3.8) is 0 Å². The van der Waals surface area contributed by atoms with Gasteiger partial charge in [-0.15, -0.1) is 0 Å². The number of carbonyl (C=O) groups excluding carboxylic acids is 2. The topological polar surface area (TPSA) is 102 Å². The molecule has 1 aromatic heterocycles. The fourth-order valence-corrected chi connectivity index (χ4v) is 8.69. The number of allylic oxidation sites excluding steroid dienone is 8. The van der Waals surface area contributed by atoms with Gasteiger partial charge in [-0.1, -0.05) is 107 Å². The number of pyridine rings is 1. The van der Waals surface area contributed by atoms with Crippen LogP contribution in [0.1, 0.15) is 98.4 Å². The third-order valence-corrected chi connectivity index (χ3v) is 12.4. The second kappa shape index (κ2) is 22.0. The molecule has 1 atom stereocenters. The summed E-state index contributed by atoms with van der Waals surface area (Å²) in [5.74, 6) is 0.451. The SMILES string of the molecule is CCCCCC(=O)c1ccc(N(c2ccccc2)c2ccc(C3=CC=C(C4=CC=C(N(c5ccccc5)c5ccc(C(=O)CCCC)cc5)C(C)C4)/C(=N/Nc4ccncc4)C3=N)cc2)cc1. The van der Waals surface area contributed by atoms with Crippen molar-refractivity contribution in [2.45, 2.75) is 72.1 Å². The number of carbonyl (C=O) groups is 2. The number of nitrogens with zero attached hydrogens (tertiary/aromatic N) is 4. The molecule has 2 N–H and O–H groups in total. The first-order valence-corrected chi connectivity index (χ1v) is 23.6. The largest absolute Gasteiger partial charge is 0.314 e. The van der Waals surface area contributed by atoms with Crippen LogP contribution in [0.5, 0.6) is 0 Å². The molecule has 0 aliphatic heterocycles. The van der Waals surface area contributed by atoms with E-state index in [9.17, 15) is 15.0 Å². The van der Waals surface area contributed by atoms with E-state index in [2.05, 4.69) is 108 Å². The van der Waals surface area contributed by atoms with Crippen LogP contribution < -0.4 is 15.2 Å². The lowest BCUT2D eigenvalue weighted by molar-refractivity contribution is 0.0971. The molecule has 0 spiro atoms. The molecule has 1 heterocycles. The Hall–Kier alpha value is -7.71. The van der Waals surface area contributed by atoms with Gasteiger partial charge in [-0.05, 0) is 134 Å². The van der Waals surface area contributed by atoms with Crippen LogP contribution in [-0.2, 0) is 0 Å². The van der Waals surface area contributed by atoms with Crippen molar-refractivity contribution in [2.24, 2.45) is 11.0 Å². The number of nitrogens with one attached hydrogen (secondary N) is 2. The number of benzene rings is 5. The van der Waals surface area contributed by atoms with E-state index in [1.54, 1.807) is 12.4 Å². The highest BCUT2D eigenvalue weighted by atomic mass is 16.1. The summed E-state index contributed by atoms with van der Waals surface area (Å²) >= 11 is 0. The van der Waals surface area contributed by atoms with Crippen LogP contribution in [0.15, 0.2) is 204 Å². The smallest absolute Gasteiger partial charge is 0.162 e. The van der Waals surface area contributed by atoms with E-state index in [0.717, 1.165) is 112 Å². The average Bonchev–Trinajstić information content (AvgIpc) is 3.37. The number of ketones is 2.